The first kappa shape index (κ1) is 22.7. The van der Waals surface area contributed by atoms with E-state index in [9.17, 15) is 13.2 Å². The van der Waals surface area contributed by atoms with Crippen LogP contribution in [0.4, 0.5) is 5.82 Å². The molecule has 2 aromatic carbocycles. The summed E-state index contributed by atoms with van der Waals surface area (Å²) in [6.45, 7) is 2.67. The minimum absolute atomic E-state index is 0.0251. The maximum atomic E-state index is 13.1. The number of sulfonamides is 1. The van der Waals surface area contributed by atoms with Gasteiger partial charge in [-0.05, 0) is 42.8 Å². The molecule has 0 spiro atoms. The molecule has 2 heterocycles. The molecule has 2 aromatic heterocycles. The SMILES string of the molecule is CCCCCCNC(=O)c1c(N)n(-c2ccc(S(N)(=O)=O)cc2)c2nc3ccccc3nc12. The maximum absolute atomic E-state index is 13.1. The van der Waals surface area contributed by atoms with Gasteiger partial charge >= 0.3 is 0 Å². The van der Waals surface area contributed by atoms with E-state index in [2.05, 4.69) is 17.2 Å². The predicted molar refractivity (Wildman–Crippen MR) is 129 cm³/mol. The van der Waals surface area contributed by atoms with Gasteiger partial charge in [-0.25, -0.2) is 23.5 Å². The fourth-order valence-corrected chi connectivity index (χ4v) is 4.29. The number of unbranched alkanes of at least 4 members (excludes halogenated alkanes) is 3. The number of carbonyl (C=O) groups is 1. The van der Waals surface area contributed by atoms with Crippen molar-refractivity contribution in [3.8, 4) is 5.69 Å². The van der Waals surface area contributed by atoms with E-state index < -0.39 is 10.0 Å². The quantitative estimate of drug-likeness (QED) is 0.340. The average molecular weight is 467 g/mol. The lowest BCUT2D eigenvalue weighted by atomic mass is 10.2. The first-order chi connectivity index (χ1) is 15.8. The molecule has 4 aromatic rings. The van der Waals surface area contributed by atoms with Crippen molar-refractivity contribution in [1.82, 2.24) is 19.9 Å². The van der Waals surface area contributed by atoms with Crippen molar-refractivity contribution in [2.24, 2.45) is 5.14 Å². The Morgan fingerprint density at radius 1 is 1.00 bits per heavy atom. The zero-order valence-corrected chi connectivity index (χ0v) is 19.1. The van der Waals surface area contributed by atoms with E-state index in [1.165, 1.54) is 12.1 Å². The van der Waals surface area contributed by atoms with E-state index >= 15 is 0 Å². The second-order valence-corrected chi connectivity index (χ2v) is 9.40. The molecule has 0 fully saturated rings. The number of nitrogens with one attached hydrogen (secondary N) is 1. The molecule has 9 nitrogen and oxygen atoms in total. The monoisotopic (exact) mass is 466 g/mol. The Kier molecular flexibility index (Phi) is 6.30. The van der Waals surface area contributed by atoms with Gasteiger partial charge in [0, 0.05) is 12.2 Å². The number of anilines is 1. The van der Waals surface area contributed by atoms with E-state index in [1.807, 2.05) is 24.3 Å². The topological polar surface area (TPSA) is 146 Å². The third-order valence-electron chi connectivity index (χ3n) is 5.46. The Morgan fingerprint density at radius 2 is 1.67 bits per heavy atom. The zero-order valence-electron chi connectivity index (χ0n) is 18.3. The summed E-state index contributed by atoms with van der Waals surface area (Å²) in [5.41, 5.74) is 9.33. The number of hydrogen-bond donors (Lipinski definition) is 3. The number of benzene rings is 2. The van der Waals surface area contributed by atoms with Crippen LogP contribution in [-0.4, -0.2) is 35.4 Å². The van der Waals surface area contributed by atoms with Gasteiger partial charge in [0.25, 0.3) is 5.91 Å². The molecule has 0 aliphatic heterocycles. The summed E-state index contributed by atoms with van der Waals surface area (Å²) in [6, 6.07) is 13.3. The summed E-state index contributed by atoms with van der Waals surface area (Å²) in [6.07, 6.45) is 4.14. The number of carbonyl (C=O) groups excluding carboxylic acids is 1. The van der Waals surface area contributed by atoms with Crippen LogP contribution in [0.15, 0.2) is 53.4 Å². The second-order valence-electron chi connectivity index (χ2n) is 7.84. The van der Waals surface area contributed by atoms with Crippen molar-refractivity contribution >= 4 is 43.9 Å². The van der Waals surface area contributed by atoms with Gasteiger partial charge in [-0.3, -0.25) is 9.36 Å². The van der Waals surface area contributed by atoms with Crippen LogP contribution >= 0.6 is 0 Å². The van der Waals surface area contributed by atoms with Crippen molar-refractivity contribution in [1.29, 1.82) is 0 Å². The molecule has 1 amide bonds. The van der Waals surface area contributed by atoms with Gasteiger partial charge in [-0.1, -0.05) is 38.3 Å². The average Bonchev–Trinajstić information content (AvgIpc) is 3.07. The summed E-state index contributed by atoms with van der Waals surface area (Å²) < 4.78 is 24.9. The minimum atomic E-state index is -3.84. The van der Waals surface area contributed by atoms with E-state index in [1.54, 1.807) is 16.7 Å². The summed E-state index contributed by atoms with van der Waals surface area (Å²) in [7, 11) is -3.84. The van der Waals surface area contributed by atoms with Crippen LogP contribution in [0.25, 0.3) is 27.9 Å². The van der Waals surface area contributed by atoms with Crippen LogP contribution in [0.2, 0.25) is 0 Å². The molecule has 0 unspecified atom stereocenters. The van der Waals surface area contributed by atoms with Crippen LogP contribution < -0.4 is 16.2 Å². The normalized spacial score (nSPS) is 11.8. The molecule has 0 aliphatic carbocycles. The fourth-order valence-electron chi connectivity index (χ4n) is 3.77. The van der Waals surface area contributed by atoms with Crippen LogP contribution in [0.1, 0.15) is 43.0 Å². The number of nitrogens with zero attached hydrogens (tertiary/aromatic N) is 3. The van der Waals surface area contributed by atoms with Gasteiger partial charge in [0.05, 0.1) is 15.9 Å². The molecular weight excluding hydrogens is 440 g/mol. The van der Waals surface area contributed by atoms with Gasteiger partial charge in [0.15, 0.2) is 5.65 Å². The Morgan fingerprint density at radius 3 is 2.30 bits per heavy atom. The van der Waals surface area contributed by atoms with Gasteiger partial charge in [-0.2, -0.15) is 0 Å². The molecule has 0 aliphatic rings. The highest BCUT2D eigenvalue weighted by atomic mass is 32.2. The number of rotatable bonds is 8. The molecule has 0 saturated carbocycles. The smallest absolute Gasteiger partial charge is 0.257 e. The number of primary sulfonamides is 1. The first-order valence-corrected chi connectivity index (χ1v) is 12.3. The largest absolute Gasteiger partial charge is 0.384 e. The third-order valence-corrected chi connectivity index (χ3v) is 6.39. The number of nitrogens with two attached hydrogens (primary N) is 2. The first-order valence-electron chi connectivity index (χ1n) is 10.8. The number of para-hydroxylation sites is 2. The molecule has 4 rings (SSSR count). The Hall–Kier alpha value is -3.50. The van der Waals surface area contributed by atoms with E-state index in [-0.39, 0.29) is 22.2 Å². The molecular formula is C23H26N6O3S. The lowest BCUT2D eigenvalue weighted by Gasteiger charge is -2.09. The lowest BCUT2D eigenvalue weighted by Crippen LogP contribution is -2.25. The number of amides is 1. The van der Waals surface area contributed by atoms with Gasteiger partial charge in [-0.15, -0.1) is 0 Å². The van der Waals surface area contributed by atoms with Crippen molar-refractivity contribution in [2.45, 2.75) is 37.5 Å². The molecule has 172 valence electrons. The Bertz CT molecular complexity index is 1430. The minimum Gasteiger partial charge on any atom is -0.384 e. The van der Waals surface area contributed by atoms with E-state index in [4.69, 9.17) is 15.9 Å². The molecule has 0 radical (unpaired) electrons. The van der Waals surface area contributed by atoms with Crippen LogP contribution in [-0.2, 0) is 10.0 Å². The van der Waals surface area contributed by atoms with Crippen molar-refractivity contribution in [2.75, 3.05) is 12.3 Å². The molecule has 33 heavy (non-hydrogen) atoms. The number of nitrogen functional groups attached to an aromatic ring is 1. The number of fused-ring (bicyclic) bond motifs is 2. The highest BCUT2D eigenvalue weighted by molar-refractivity contribution is 7.89. The molecule has 0 saturated heterocycles. The van der Waals surface area contributed by atoms with Crippen LogP contribution in [0, 0.1) is 0 Å². The summed E-state index contributed by atoms with van der Waals surface area (Å²) in [5, 5.41) is 8.15. The molecule has 5 N–H and O–H groups in total. The third kappa shape index (κ3) is 4.53. The van der Waals surface area contributed by atoms with Crippen molar-refractivity contribution < 1.29 is 13.2 Å². The van der Waals surface area contributed by atoms with Crippen LogP contribution in [0.3, 0.4) is 0 Å². The maximum Gasteiger partial charge on any atom is 0.257 e. The summed E-state index contributed by atoms with van der Waals surface area (Å²) in [4.78, 5) is 22.5. The van der Waals surface area contributed by atoms with Crippen LogP contribution in [0.5, 0.6) is 0 Å². The second kappa shape index (κ2) is 9.16. The highest BCUT2D eigenvalue weighted by Crippen LogP contribution is 2.31. The standard InChI is InChI=1S/C23H26N6O3S/c1-2-3-4-7-14-26-23(30)19-20-22(28-18-9-6-5-8-17(18)27-20)29(21(19)24)15-10-12-16(13-11-15)33(25,31)32/h5-6,8-13H,2-4,7,14,24H2,1H3,(H,26,30)(H2,25,31,32). The van der Waals surface area contributed by atoms with E-state index in [0.29, 0.717) is 34.4 Å². The van der Waals surface area contributed by atoms with Gasteiger partial charge in [0.2, 0.25) is 10.0 Å². The lowest BCUT2D eigenvalue weighted by molar-refractivity contribution is 0.0955. The number of hydrogen-bond acceptors (Lipinski definition) is 6. The summed E-state index contributed by atoms with van der Waals surface area (Å²) in [5.74, 6) is -0.145. The van der Waals surface area contributed by atoms with Crippen molar-refractivity contribution in [3.63, 3.8) is 0 Å². The Labute approximate surface area is 191 Å². The Balaban J connectivity index is 1.83. The predicted octanol–water partition coefficient (Wildman–Crippen LogP) is 3.11. The molecule has 0 atom stereocenters. The molecule has 10 heteroatoms. The number of aromatic nitrogens is 3. The highest BCUT2D eigenvalue weighted by Gasteiger charge is 2.24. The fraction of sp³-hybridized carbons (Fsp3) is 0.261. The summed E-state index contributed by atoms with van der Waals surface area (Å²) >= 11 is 0. The molecule has 0 bridgehead atoms. The van der Waals surface area contributed by atoms with Crippen molar-refractivity contribution in [3.05, 3.63) is 54.1 Å². The van der Waals surface area contributed by atoms with Gasteiger partial charge < -0.3 is 11.1 Å². The zero-order chi connectivity index (χ0) is 23.6. The van der Waals surface area contributed by atoms with E-state index in [0.717, 1.165) is 25.7 Å². The van der Waals surface area contributed by atoms with Gasteiger partial charge in [0.1, 0.15) is 16.9 Å².